The predicted octanol–water partition coefficient (Wildman–Crippen LogP) is 2.43. The molecule has 0 saturated heterocycles. The van der Waals surface area contributed by atoms with Crippen LogP contribution in [0.2, 0.25) is 0 Å². The second kappa shape index (κ2) is 6.30. The molecule has 6 heteroatoms. The average molecular weight is 291 g/mol. The summed E-state index contributed by atoms with van der Waals surface area (Å²) in [5.41, 5.74) is 6.74. The molecule has 110 valence electrons. The topological polar surface area (TPSA) is 68.0 Å². The minimum atomic E-state index is -0.569. The summed E-state index contributed by atoms with van der Waals surface area (Å²) in [4.78, 5) is 16.1. The van der Waals surface area contributed by atoms with Gasteiger partial charge in [-0.15, -0.1) is 0 Å². The number of benzene rings is 1. The number of nitrogens with one attached hydrogen (secondary N) is 1. The van der Waals surface area contributed by atoms with E-state index >= 15 is 0 Å². The van der Waals surface area contributed by atoms with Crippen LogP contribution < -0.4 is 11.1 Å². The van der Waals surface area contributed by atoms with Crippen LogP contribution in [-0.4, -0.2) is 10.9 Å². The molecule has 0 bridgehead atoms. The van der Waals surface area contributed by atoms with Crippen molar-refractivity contribution in [1.29, 1.82) is 0 Å². The van der Waals surface area contributed by atoms with Gasteiger partial charge in [-0.05, 0) is 36.8 Å². The Morgan fingerprint density at radius 3 is 2.76 bits per heavy atom. The lowest BCUT2D eigenvalue weighted by Crippen LogP contribution is -2.24. The number of amides is 1. The molecule has 0 saturated carbocycles. The number of nitrogen functional groups attached to an aromatic ring is 1. The Balaban J connectivity index is 2.11. The van der Waals surface area contributed by atoms with Gasteiger partial charge in [0.2, 0.25) is 0 Å². The molecule has 0 radical (unpaired) electrons. The van der Waals surface area contributed by atoms with Gasteiger partial charge in [-0.25, -0.2) is 13.8 Å². The van der Waals surface area contributed by atoms with E-state index in [0.717, 1.165) is 18.2 Å². The third-order valence-electron chi connectivity index (χ3n) is 2.97. The van der Waals surface area contributed by atoms with Gasteiger partial charge in [-0.2, -0.15) is 0 Å². The Hall–Kier alpha value is -2.50. The minimum Gasteiger partial charge on any atom is -0.384 e. The van der Waals surface area contributed by atoms with Crippen LogP contribution in [0.3, 0.4) is 0 Å². The number of aryl methyl sites for hydroxylation is 1. The first-order valence-corrected chi connectivity index (χ1v) is 6.48. The van der Waals surface area contributed by atoms with Gasteiger partial charge in [0.1, 0.15) is 17.5 Å². The highest BCUT2D eigenvalue weighted by Crippen LogP contribution is 2.11. The lowest BCUT2D eigenvalue weighted by Gasteiger charge is -2.08. The molecular weight excluding hydrogens is 276 g/mol. The van der Waals surface area contributed by atoms with Crippen molar-refractivity contribution in [3.63, 3.8) is 0 Å². The van der Waals surface area contributed by atoms with Crippen molar-refractivity contribution in [2.45, 2.75) is 19.9 Å². The number of hydrogen-bond acceptors (Lipinski definition) is 3. The summed E-state index contributed by atoms with van der Waals surface area (Å²) in [6, 6.07) is 6.16. The molecule has 3 N–H and O–H groups in total. The Kier molecular flexibility index (Phi) is 4.47. The van der Waals surface area contributed by atoms with Crippen LogP contribution >= 0.6 is 0 Å². The Bertz CT molecular complexity index is 674. The summed E-state index contributed by atoms with van der Waals surface area (Å²) in [5, 5.41) is 2.53. The lowest BCUT2D eigenvalue weighted by atomic mass is 10.1. The number of hydrogen-bond donors (Lipinski definition) is 2. The smallest absolute Gasteiger partial charge is 0.251 e. The van der Waals surface area contributed by atoms with Gasteiger partial charge >= 0.3 is 0 Å². The molecule has 2 aromatic rings. The molecule has 21 heavy (non-hydrogen) atoms. The van der Waals surface area contributed by atoms with Crippen LogP contribution in [0.1, 0.15) is 28.5 Å². The first-order chi connectivity index (χ1) is 9.99. The molecule has 0 fully saturated rings. The third kappa shape index (κ3) is 3.75. The fourth-order valence-electron chi connectivity index (χ4n) is 1.88. The summed E-state index contributed by atoms with van der Waals surface area (Å²) in [7, 11) is 0. The molecule has 1 amide bonds. The van der Waals surface area contributed by atoms with Crippen LogP contribution in [0.15, 0.2) is 30.3 Å². The number of carbonyl (C=O) groups excluding carboxylic acids is 1. The zero-order valence-electron chi connectivity index (χ0n) is 11.5. The molecule has 2 rings (SSSR count). The number of halogens is 2. The largest absolute Gasteiger partial charge is 0.384 e. The summed E-state index contributed by atoms with van der Waals surface area (Å²) in [6.45, 7) is 1.79. The molecule has 0 aliphatic heterocycles. The molecule has 1 aromatic carbocycles. The number of pyridine rings is 1. The van der Waals surface area contributed by atoms with Gasteiger partial charge in [0.05, 0.1) is 0 Å². The van der Waals surface area contributed by atoms with Crippen molar-refractivity contribution >= 4 is 11.7 Å². The van der Waals surface area contributed by atoms with Crippen LogP contribution in [-0.2, 0) is 13.0 Å². The molecule has 0 atom stereocenters. The highest BCUT2D eigenvalue weighted by atomic mass is 19.1. The standard InChI is InChI=1S/C15H15F2N3O/c1-2-12-6-9(7-14(18)20-12)15(21)19-8-10-5-11(16)3-4-13(10)17/h3-7H,2,8H2,1H3,(H2,18,20)(H,19,21). The number of anilines is 1. The van der Waals surface area contributed by atoms with E-state index in [1.807, 2.05) is 6.92 Å². The van der Waals surface area contributed by atoms with Crippen molar-refractivity contribution in [3.8, 4) is 0 Å². The summed E-state index contributed by atoms with van der Waals surface area (Å²) in [5.74, 6) is -1.29. The van der Waals surface area contributed by atoms with Crippen molar-refractivity contribution in [3.05, 3.63) is 58.8 Å². The number of carbonyl (C=O) groups is 1. The van der Waals surface area contributed by atoms with Gasteiger partial charge in [-0.1, -0.05) is 6.92 Å². The highest BCUT2D eigenvalue weighted by Gasteiger charge is 2.10. The van der Waals surface area contributed by atoms with E-state index in [-0.39, 0.29) is 17.9 Å². The highest BCUT2D eigenvalue weighted by molar-refractivity contribution is 5.94. The Labute approximate surface area is 121 Å². The molecular formula is C15H15F2N3O. The average Bonchev–Trinajstić information content (AvgIpc) is 2.47. The van der Waals surface area contributed by atoms with Crippen LogP contribution in [0.5, 0.6) is 0 Å². The molecule has 0 aliphatic carbocycles. The first-order valence-electron chi connectivity index (χ1n) is 6.48. The minimum absolute atomic E-state index is 0.0843. The maximum Gasteiger partial charge on any atom is 0.251 e. The van der Waals surface area contributed by atoms with Crippen LogP contribution in [0.4, 0.5) is 14.6 Å². The van der Waals surface area contributed by atoms with E-state index in [2.05, 4.69) is 10.3 Å². The zero-order valence-corrected chi connectivity index (χ0v) is 11.5. The number of aromatic nitrogens is 1. The lowest BCUT2D eigenvalue weighted by molar-refractivity contribution is 0.0950. The number of nitrogens with two attached hydrogens (primary N) is 1. The van der Waals surface area contributed by atoms with Crippen LogP contribution in [0, 0.1) is 11.6 Å². The van der Waals surface area contributed by atoms with E-state index in [4.69, 9.17) is 5.73 Å². The Morgan fingerprint density at radius 2 is 2.05 bits per heavy atom. The fraction of sp³-hybridized carbons (Fsp3) is 0.200. The molecule has 1 aromatic heterocycles. The maximum atomic E-state index is 13.5. The SMILES string of the molecule is CCc1cc(C(=O)NCc2cc(F)ccc2F)cc(N)n1. The van der Waals surface area contributed by atoms with Crippen molar-refractivity contribution < 1.29 is 13.6 Å². The van der Waals surface area contributed by atoms with Gasteiger partial charge < -0.3 is 11.1 Å². The number of rotatable bonds is 4. The molecule has 0 unspecified atom stereocenters. The molecule has 0 spiro atoms. The van der Waals surface area contributed by atoms with Gasteiger partial charge in [0.25, 0.3) is 5.91 Å². The van der Waals surface area contributed by atoms with Gasteiger partial charge in [-0.3, -0.25) is 4.79 Å². The molecule has 4 nitrogen and oxygen atoms in total. The van der Waals surface area contributed by atoms with Crippen molar-refractivity contribution in [2.24, 2.45) is 0 Å². The molecule has 1 heterocycles. The van der Waals surface area contributed by atoms with E-state index in [9.17, 15) is 13.6 Å². The van der Waals surface area contributed by atoms with E-state index in [1.165, 1.54) is 6.07 Å². The van der Waals surface area contributed by atoms with Gasteiger partial charge in [0.15, 0.2) is 0 Å². The predicted molar refractivity (Wildman–Crippen MR) is 75.6 cm³/mol. The quantitative estimate of drug-likeness (QED) is 0.909. The zero-order chi connectivity index (χ0) is 15.4. The van der Waals surface area contributed by atoms with E-state index in [0.29, 0.717) is 17.7 Å². The van der Waals surface area contributed by atoms with Gasteiger partial charge in [0, 0.05) is 23.4 Å². The maximum absolute atomic E-state index is 13.5. The van der Waals surface area contributed by atoms with E-state index in [1.54, 1.807) is 6.07 Å². The number of nitrogens with zero attached hydrogens (tertiary/aromatic N) is 1. The third-order valence-corrected chi connectivity index (χ3v) is 2.97. The fourth-order valence-corrected chi connectivity index (χ4v) is 1.88. The summed E-state index contributed by atoms with van der Waals surface area (Å²) in [6.07, 6.45) is 0.643. The normalized spacial score (nSPS) is 10.4. The second-order valence-electron chi connectivity index (χ2n) is 4.54. The second-order valence-corrected chi connectivity index (χ2v) is 4.54. The monoisotopic (exact) mass is 291 g/mol. The molecule has 0 aliphatic rings. The van der Waals surface area contributed by atoms with Crippen molar-refractivity contribution in [2.75, 3.05) is 5.73 Å². The summed E-state index contributed by atoms with van der Waals surface area (Å²) >= 11 is 0. The van der Waals surface area contributed by atoms with Crippen molar-refractivity contribution in [1.82, 2.24) is 10.3 Å². The van der Waals surface area contributed by atoms with E-state index < -0.39 is 17.5 Å². The Morgan fingerprint density at radius 1 is 1.29 bits per heavy atom. The van der Waals surface area contributed by atoms with Crippen LogP contribution in [0.25, 0.3) is 0 Å². The summed E-state index contributed by atoms with van der Waals surface area (Å²) < 4.78 is 26.5. The first kappa shape index (κ1) is 14.9.